The Hall–Kier alpha value is -2.97. The number of allylic oxidation sites excluding steroid dienone is 2. The summed E-state index contributed by atoms with van der Waals surface area (Å²) in [5.74, 6) is -1.28. The summed E-state index contributed by atoms with van der Waals surface area (Å²) >= 11 is 0. The highest BCUT2D eigenvalue weighted by Gasteiger charge is 2.57. The lowest BCUT2D eigenvalue weighted by molar-refractivity contribution is 0.320. The lowest BCUT2D eigenvalue weighted by Crippen LogP contribution is -2.48. The van der Waals surface area contributed by atoms with Crippen LogP contribution in [0, 0.1) is 56.7 Å². The zero-order valence-electron chi connectivity index (χ0n) is 12.5. The predicted octanol–water partition coefficient (Wildman–Crippen LogP) is 3.10. The van der Waals surface area contributed by atoms with E-state index in [1.54, 1.807) is 18.5 Å². The van der Waals surface area contributed by atoms with Crippen molar-refractivity contribution < 1.29 is 0 Å². The smallest absolute Gasteiger partial charge is 0.189 e. The van der Waals surface area contributed by atoms with Crippen molar-refractivity contribution in [1.29, 1.82) is 21.2 Å². The molecule has 1 aromatic rings. The molecule has 0 aliphatic heterocycles. The predicted molar refractivity (Wildman–Crippen MR) is 82.9 cm³/mol. The van der Waals surface area contributed by atoms with Gasteiger partial charge in [-0.2, -0.15) is 15.8 Å². The van der Waals surface area contributed by atoms with Crippen LogP contribution in [0.1, 0.15) is 30.7 Å². The molecule has 0 radical (unpaired) electrons. The third-order valence-corrected chi connectivity index (χ3v) is 4.97. The van der Waals surface area contributed by atoms with Crippen LogP contribution in [-0.2, 0) is 0 Å². The molecule has 1 aromatic heterocycles. The minimum absolute atomic E-state index is 0.0639. The van der Waals surface area contributed by atoms with Crippen LogP contribution in [0.5, 0.6) is 0 Å². The maximum Gasteiger partial charge on any atom is 0.189 e. The maximum atomic E-state index is 9.78. The van der Waals surface area contributed by atoms with Gasteiger partial charge in [0, 0.05) is 18.3 Å². The van der Waals surface area contributed by atoms with Gasteiger partial charge in [-0.15, -0.1) is 0 Å². The molecule has 5 nitrogen and oxygen atoms in total. The second kappa shape index (κ2) is 5.67. The molecule has 1 heterocycles. The van der Waals surface area contributed by atoms with E-state index < -0.39 is 17.3 Å². The van der Waals surface area contributed by atoms with Crippen molar-refractivity contribution in [1.82, 2.24) is 4.98 Å². The van der Waals surface area contributed by atoms with Crippen LogP contribution in [0.4, 0.5) is 0 Å². The molecule has 2 aliphatic rings. The van der Waals surface area contributed by atoms with Crippen molar-refractivity contribution in [2.45, 2.75) is 25.2 Å². The minimum atomic E-state index is -1.61. The van der Waals surface area contributed by atoms with Crippen LogP contribution < -0.4 is 0 Å². The monoisotopic (exact) mass is 301 g/mol. The van der Waals surface area contributed by atoms with Gasteiger partial charge in [0.25, 0.3) is 0 Å². The van der Waals surface area contributed by atoms with Gasteiger partial charge in [0.2, 0.25) is 0 Å². The molecule has 3 rings (SSSR count). The lowest BCUT2D eigenvalue weighted by Gasteiger charge is -2.45. The normalized spacial score (nSPS) is 28.5. The largest absolute Gasteiger partial charge is 0.305 e. The van der Waals surface area contributed by atoms with Crippen LogP contribution in [0.3, 0.4) is 0 Å². The molecule has 2 aliphatic carbocycles. The van der Waals surface area contributed by atoms with Crippen LogP contribution in [0.2, 0.25) is 0 Å². The molecule has 0 aromatic carbocycles. The Morgan fingerprint density at radius 2 is 2.04 bits per heavy atom. The highest BCUT2D eigenvalue weighted by Crippen LogP contribution is 2.54. The van der Waals surface area contributed by atoms with Crippen LogP contribution in [0.15, 0.2) is 36.2 Å². The molecule has 1 saturated carbocycles. The van der Waals surface area contributed by atoms with Gasteiger partial charge in [-0.3, -0.25) is 4.98 Å². The van der Waals surface area contributed by atoms with Crippen molar-refractivity contribution in [3.05, 3.63) is 41.7 Å². The van der Waals surface area contributed by atoms with Crippen molar-refractivity contribution in [2.24, 2.45) is 17.3 Å². The van der Waals surface area contributed by atoms with E-state index in [4.69, 9.17) is 5.41 Å². The van der Waals surface area contributed by atoms with Gasteiger partial charge < -0.3 is 5.41 Å². The molecule has 1 N–H and O–H groups in total. The molecular weight excluding hydrogens is 286 g/mol. The zero-order valence-corrected chi connectivity index (χ0v) is 12.5. The molecule has 0 amide bonds. The molecule has 3 atom stereocenters. The van der Waals surface area contributed by atoms with Crippen molar-refractivity contribution in [2.75, 3.05) is 0 Å². The molecule has 1 fully saturated rings. The number of hydrogen-bond acceptors (Lipinski definition) is 5. The van der Waals surface area contributed by atoms with Gasteiger partial charge in [0.1, 0.15) is 5.92 Å². The van der Waals surface area contributed by atoms with E-state index in [2.05, 4.69) is 23.2 Å². The fraction of sp³-hybridized carbons (Fsp3) is 0.389. The SMILES string of the molecule is N#C[C@H]1C(=N)C(C#N)(C#N)[C@H](c2cccnc2)[C@H]2CCCC=C12. The van der Waals surface area contributed by atoms with Crippen LogP contribution >= 0.6 is 0 Å². The molecule has 5 heteroatoms. The highest BCUT2D eigenvalue weighted by atomic mass is 14.7. The Kier molecular flexibility index (Phi) is 3.68. The van der Waals surface area contributed by atoms with E-state index in [0.29, 0.717) is 0 Å². The van der Waals surface area contributed by atoms with Crippen LogP contribution in [-0.4, -0.2) is 10.7 Å². The number of nitrogens with one attached hydrogen (secondary N) is 1. The third kappa shape index (κ3) is 2.04. The topological polar surface area (TPSA) is 108 Å². The Balaban J connectivity index is 2.26. The maximum absolute atomic E-state index is 9.78. The summed E-state index contributed by atoms with van der Waals surface area (Å²) in [6.45, 7) is 0. The van der Waals surface area contributed by atoms with Gasteiger partial charge in [-0.1, -0.05) is 12.1 Å². The summed E-state index contributed by atoms with van der Waals surface area (Å²) < 4.78 is 0. The van der Waals surface area contributed by atoms with E-state index in [1.807, 2.05) is 12.1 Å². The fourth-order valence-electron chi connectivity index (χ4n) is 3.95. The van der Waals surface area contributed by atoms with E-state index in [1.165, 1.54) is 0 Å². The second-order valence-corrected chi connectivity index (χ2v) is 6.01. The minimum Gasteiger partial charge on any atom is -0.305 e. The fourth-order valence-corrected chi connectivity index (χ4v) is 3.95. The van der Waals surface area contributed by atoms with Crippen molar-refractivity contribution in [3.63, 3.8) is 0 Å². The molecule has 0 unspecified atom stereocenters. The van der Waals surface area contributed by atoms with Crippen molar-refractivity contribution >= 4 is 5.71 Å². The number of hydrogen-bond donors (Lipinski definition) is 1. The number of rotatable bonds is 1. The van der Waals surface area contributed by atoms with Gasteiger partial charge in [-0.05, 0) is 42.4 Å². The molecule has 0 saturated heterocycles. The number of nitrogens with zero attached hydrogens (tertiary/aromatic N) is 4. The van der Waals surface area contributed by atoms with Gasteiger partial charge in [-0.25, -0.2) is 0 Å². The van der Waals surface area contributed by atoms with E-state index in [0.717, 1.165) is 30.4 Å². The average molecular weight is 301 g/mol. The average Bonchev–Trinajstić information content (AvgIpc) is 2.61. The third-order valence-electron chi connectivity index (χ3n) is 4.97. The van der Waals surface area contributed by atoms with E-state index in [-0.39, 0.29) is 11.6 Å². The second-order valence-electron chi connectivity index (χ2n) is 6.01. The number of aromatic nitrogens is 1. The number of pyridine rings is 1. The van der Waals surface area contributed by atoms with Gasteiger partial charge in [0.05, 0.1) is 23.9 Å². The molecule has 0 spiro atoms. The summed E-state index contributed by atoms with van der Waals surface area (Å²) in [6.07, 6.45) is 8.00. The standard InChI is InChI=1S/C18H15N5/c19-8-15-13-5-1-2-6-14(13)16(12-4-3-7-23-9-12)18(10-20,11-21)17(15)22/h3-5,7,9,14-16,22H,1-2,6H2/t14-,15+,16+/m0/s1. The Bertz CT molecular complexity index is 773. The first kappa shape index (κ1) is 14.9. The Morgan fingerprint density at radius 1 is 1.26 bits per heavy atom. The Morgan fingerprint density at radius 3 is 2.65 bits per heavy atom. The first-order valence-corrected chi connectivity index (χ1v) is 7.60. The zero-order chi connectivity index (χ0) is 16.4. The summed E-state index contributed by atoms with van der Waals surface area (Å²) in [4.78, 5) is 4.12. The molecule has 0 bridgehead atoms. The van der Waals surface area contributed by atoms with Gasteiger partial charge in [0.15, 0.2) is 5.41 Å². The molecule has 112 valence electrons. The van der Waals surface area contributed by atoms with E-state index >= 15 is 0 Å². The quantitative estimate of drug-likeness (QED) is 0.804. The summed E-state index contributed by atoms with van der Waals surface area (Å²) in [5, 5.41) is 37.5. The number of fused-ring (bicyclic) bond motifs is 1. The van der Waals surface area contributed by atoms with E-state index in [9.17, 15) is 15.8 Å². The summed E-state index contributed by atoms with van der Waals surface area (Å²) in [7, 11) is 0. The van der Waals surface area contributed by atoms with Crippen LogP contribution in [0.25, 0.3) is 0 Å². The van der Waals surface area contributed by atoms with Gasteiger partial charge >= 0.3 is 0 Å². The number of nitriles is 3. The summed E-state index contributed by atoms with van der Waals surface area (Å²) in [5.41, 5.74) is -0.0144. The Labute approximate surface area is 135 Å². The first-order valence-electron chi connectivity index (χ1n) is 7.60. The summed E-state index contributed by atoms with van der Waals surface area (Å²) in [6, 6.07) is 9.91. The highest BCUT2D eigenvalue weighted by molar-refractivity contribution is 6.00. The first-order chi connectivity index (χ1) is 11.2. The lowest BCUT2D eigenvalue weighted by atomic mass is 9.53. The molecular formula is C18H15N5. The molecule has 23 heavy (non-hydrogen) atoms. The van der Waals surface area contributed by atoms with Crippen molar-refractivity contribution in [3.8, 4) is 18.2 Å².